The Morgan fingerprint density at radius 3 is 2.00 bits per heavy atom. The van der Waals surface area contributed by atoms with Crippen molar-refractivity contribution in [3.05, 3.63) is 64.1 Å². The zero-order chi connectivity index (χ0) is 16.1. The molecule has 116 valence electrons. The first-order valence-corrected chi connectivity index (χ1v) is 8.59. The van der Waals surface area contributed by atoms with Crippen LogP contribution in [0.15, 0.2) is 53.0 Å². The van der Waals surface area contributed by atoms with Gasteiger partial charge in [0.05, 0.1) is 6.04 Å². The average molecular weight is 377 g/mol. The maximum atomic E-state index is 5.38. The molecule has 0 saturated carbocycles. The van der Waals surface area contributed by atoms with Crippen LogP contribution in [0.5, 0.6) is 0 Å². The average Bonchev–Trinajstić information content (AvgIpc) is 2.49. The number of halogens is 1. The monoisotopic (exact) mass is 376 g/mol. The molecule has 0 heterocycles. The molecule has 0 fully saturated rings. The third-order valence-corrected chi connectivity index (χ3v) is 4.30. The van der Waals surface area contributed by atoms with Crippen molar-refractivity contribution in [2.75, 3.05) is 5.32 Å². The predicted molar refractivity (Wildman–Crippen MR) is 102 cm³/mol. The summed E-state index contributed by atoms with van der Waals surface area (Å²) in [6, 6.07) is 16.8. The van der Waals surface area contributed by atoms with Crippen LogP contribution in [0, 0.1) is 0 Å². The van der Waals surface area contributed by atoms with Crippen LogP contribution in [0.1, 0.15) is 43.9 Å². The first-order chi connectivity index (χ1) is 10.5. The van der Waals surface area contributed by atoms with Crippen LogP contribution in [0.4, 0.5) is 5.69 Å². The molecule has 0 aromatic heterocycles. The molecule has 2 N–H and O–H groups in total. The molecule has 22 heavy (non-hydrogen) atoms. The molecular formula is C18H21BrN2S. The number of benzene rings is 2. The van der Waals surface area contributed by atoms with E-state index in [4.69, 9.17) is 12.2 Å². The van der Waals surface area contributed by atoms with Crippen LogP contribution >= 0.6 is 28.1 Å². The minimum absolute atomic E-state index is 0.164. The maximum absolute atomic E-state index is 5.38. The molecule has 2 aromatic carbocycles. The van der Waals surface area contributed by atoms with Gasteiger partial charge in [0.1, 0.15) is 0 Å². The first kappa shape index (κ1) is 17.0. The smallest absolute Gasteiger partial charge is 0.171 e. The molecule has 1 atom stereocenters. The second-order valence-corrected chi connectivity index (χ2v) is 6.97. The van der Waals surface area contributed by atoms with Crippen LogP contribution < -0.4 is 10.6 Å². The van der Waals surface area contributed by atoms with Gasteiger partial charge >= 0.3 is 0 Å². The third kappa shape index (κ3) is 4.82. The molecule has 4 heteroatoms. The number of hydrogen-bond acceptors (Lipinski definition) is 1. The lowest BCUT2D eigenvalue weighted by molar-refractivity contribution is 0.721. The summed E-state index contributed by atoms with van der Waals surface area (Å²) in [5, 5.41) is 7.14. The number of rotatable bonds is 4. The summed E-state index contributed by atoms with van der Waals surface area (Å²) in [7, 11) is 0. The second-order valence-electron chi connectivity index (χ2n) is 5.65. The van der Waals surface area contributed by atoms with E-state index in [-0.39, 0.29) is 6.04 Å². The van der Waals surface area contributed by atoms with Crippen LogP contribution in [0.2, 0.25) is 0 Å². The fourth-order valence-corrected chi connectivity index (χ4v) is 2.71. The molecule has 0 bridgehead atoms. The Balaban J connectivity index is 1.94. The molecule has 2 nitrogen and oxygen atoms in total. The highest BCUT2D eigenvalue weighted by molar-refractivity contribution is 9.10. The number of hydrogen-bond donors (Lipinski definition) is 2. The zero-order valence-corrected chi connectivity index (χ0v) is 15.5. The zero-order valence-electron chi connectivity index (χ0n) is 13.1. The van der Waals surface area contributed by atoms with E-state index >= 15 is 0 Å². The summed E-state index contributed by atoms with van der Waals surface area (Å²) in [6.45, 7) is 6.52. The second kappa shape index (κ2) is 7.75. The molecular weight excluding hydrogens is 356 g/mol. The van der Waals surface area contributed by atoms with Crippen molar-refractivity contribution in [1.82, 2.24) is 5.32 Å². The third-order valence-electron chi connectivity index (χ3n) is 3.55. The summed E-state index contributed by atoms with van der Waals surface area (Å²) >= 11 is 8.80. The van der Waals surface area contributed by atoms with E-state index in [1.807, 2.05) is 24.3 Å². The normalized spacial score (nSPS) is 12.0. The SMILES string of the molecule is CC(C)c1ccc(C(C)NC(=S)Nc2ccc(Br)cc2)cc1. The standard InChI is InChI=1S/C18H21BrN2S/c1-12(2)14-4-6-15(7-5-14)13(3)20-18(22)21-17-10-8-16(19)9-11-17/h4-13H,1-3H3,(H2,20,21,22). The topological polar surface area (TPSA) is 24.1 Å². The van der Waals surface area contributed by atoms with Gasteiger partial charge in [-0.2, -0.15) is 0 Å². The molecule has 0 amide bonds. The number of nitrogens with one attached hydrogen (secondary N) is 2. The molecule has 1 unspecified atom stereocenters. The number of anilines is 1. The summed E-state index contributed by atoms with van der Waals surface area (Å²) in [5.41, 5.74) is 3.55. The lowest BCUT2D eigenvalue weighted by Gasteiger charge is -2.18. The van der Waals surface area contributed by atoms with Gasteiger partial charge in [0.15, 0.2) is 5.11 Å². The van der Waals surface area contributed by atoms with Crippen molar-refractivity contribution < 1.29 is 0 Å². The highest BCUT2D eigenvalue weighted by Gasteiger charge is 2.08. The maximum Gasteiger partial charge on any atom is 0.171 e. The molecule has 0 aliphatic rings. The molecule has 0 aliphatic heterocycles. The minimum Gasteiger partial charge on any atom is -0.356 e. The minimum atomic E-state index is 0.164. The quantitative estimate of drug-likeness (QED) is 0.677. The summed E-state index contributed by atoms with van der Waals surface area (Å²) in [6.07, 6.45) is 0. The van der Waals surface area contributed by atoms with Crippen molar-refractivity contribution in [3.8, 4) is 0 Å². The molecule has 2 aromatic rings. The van der Waals surface area contributed by atoms with Gasteiger partial charge in [-0.25, -0.2) is 0 Å². The Labute approximate surface area is 146 Å². The van der Waals surface area contributed by atoms with Crippen LogP contribution in [-0.2, 0) is 0 Å². The Morgan fingerprint density at radius 2 is 1.45 bits per heavy atom. The van der Waals surface area contributed by atoms with Gasteiger partial charge in [-0.15, -0.1) is 0 Å². The highest BCUT2D eigenvalue weighted by Crippen LogP contribution is 2.19. The Morgan fingerprint density at radius 1 is 0.909 bits per heavy atom. The Bertz CT molecular complexity index is 621. The van der Waals surface area contributed by atoms with E-state index < -0.39 is 0 Å². The summed E-state index contributed by atoms with van der Waals surface area (Å²) in [5.74, 6) is 0.553. The fourth-order valence-electron chi connectivity index (χ4n) is 2.15. The number of thiocarbonyl (C=S) groups is 1. The molecule has 0 saturated heterocycles. The predicted octanol–water partition coefficient (Wildman–Crippen LogP) is 5.62. The van der Waals surface area contributed by atoms with Gasteiger partial charge < -0.3 is 10.6 Å². The van der Waals surface area contributed by atoms with Gasteiger partial charge in [-0.3, -0.25) is 0 Å². The van der Waals surface area contributed by atoms with Crippen molar-refractivity contribution in [1.29, 1.82) is 0 Å². The van der Waals surface area contributed by atoms with Gasteiger partial charge in [0.2, 0.25) is 0 Å². The lowest BCUT2D eigenvalue weighted by Crippen LogP contribution is -2.30. The first-order valence-electron chi connectivity index (χ1n) is 7.38. The van der Waals surface area contributed by atoms with E-state index in [9.17, 15) is 0 Å². The van der Waals surface area contributed by atoms with Crippen molar-refractivity contribution >= 4 is 38.9 Å². The van der Waals surface area contributed by atoms with Gasteiger partial charge in [-0.1, -0.05) is 54.0 Å². The van der Waals surface area contributed by atoms with E-state index in [0.717, 1.165) is 10.2 Å². The molecule has 0 radical (unpaired) electrons. The Hall–Kier alpha value is -1.39. The van der Waals surface area contributed by atoms with E-state index in [0.29, 0.717) is 11.0 Å². The molecule has 0 aliphatic carbocycles. The van der Waals surface area contributed by atoms with Gasteiger partial charge in [0.25, 0.3) is 0 Å². The highest BCUT2D eigenvalue weighted by atomic mass is 79.9. The molecule has 0 spiro atoms. The van der Waals surface area contributed by atoms with E-state index in [1.165, 1.54) is 11.1 Å². The van der Waals surface area contributed by atoms with Crippen molar-refractivity contribution in [3.63, 3.8) is 0 Å². The van der Waals surface area contributed by atoms with E-state index in [1.54, 1.807) is 0 Å². The van der Waals surface area contributed by atoms with Crippen LogP contribution in [0.25, 0.3) is 0 Å². The van der Waals surface area contributed by atoms with E-state index in [2.05, 4.69) is 71.6 Å². The largest absolute Gasteiger partial charge is 0.356 e. The Kier molecular flexibility index (Phi) is 5.98. The van der Waals surface area contributed by atoms with Crippen molar-refractivity contribution in [2.45, 2.75) is 32.7 Å². The summed E-state index contributed by atoms with van der Waals surface area (Å²) in [4.78, 5) is 0. The van der Waals surface area contributed by atoms with Crippen molar-refractivity contribution in [2.24, 2.45) is 0 Å². The molecule has 2 rings (SSSR count). The van der Waals surface area contributed by atoms with Crippen LogP contribution in [-0.4, -0.2) is 5.11 Å². The van der Waals surface area contributed by atoms with Crippen LogP contribution in [0.3, 0.4) is 0 Å². The fraction of sp³-hybridized carbons (Fsp3) is 0.278. The van der Waals surface area contributed by atoms with Gasteiger partial charge in [-0.05, 0) is 60.5 Å². The summed E-state index contributed by atoms with van der Waals surface area (Å²) < 4.78 is 1.05. The van der Waals surface area contributed by atoms with Gasteiger partial charge in [0, 0.05) is 10.2 Å². The lowest BCUT2D eigenvalue weighted by atomic mass is 10.00.